The topological polar surface area (TPSA) is 94.9 Å². The van der Waals surface area contributed by atoms with Gasteiger partial charge >= 0.3 is 0 Å². The predicted octanol–water partition coefficient (Wildman–Crippen LogP) is 1.72. The maximum atomic E-state index is 12.0. The molecule has 0 unspecified atom stereocenters. The van der Waals surface area contributed by atoms with E-state index in [1.54, 1.807) is 0 Å². The molecule has 6 nitrogen and oxygen atoms in total. The predicted molar refractivity (Wildman–Crippen MR) is 73.1 cm³/mol. The lowest BCUT2D eigenvalue weighted by Crippen LogP contribution is -2.32. The Morgan fingerprint density at radius 1 is 1.35 bits per heavy atom. The number of phenolic OH excluding ortho intramolecular Hbond substituents is 2. The Morgan fingerprint density at radius 2 is 2.05 bits per heavy atom. The van der Waals surface area contributed by atoms with Crippen LogP contribution in [0.3, 0.4) is 0 Å². The number of nitrogens with zero attached hydrogens (tertiary/aromatic N) is 1. The van der Waals surface area contributed by atoms with Gasteiger partial charge in [-0.3, -0.25) is 19.3 Å². The normalized spacial score (nSPS) is 17.1. The number of amides is 2. The molecule has 0 aliphatic carbocycles. The first-order chi connectivity index (χ1) is 9.38. The number of hydrogen-bond donors (Lipinski definition) is 2. The number of carbonyl (C=O) groups is 3. The van der Waals surface area contributed by atoms with Gasteiger partial charge in [0.15, 0.2) is 0 Å². The first-order valence-electron chi connectivity index (χ1n) is 5.65. The van der Waals surface area contributed by atoms with Crippen LogP contribution in [0.4, 0.5) is 4.79 Å². The van der Waals surface area contributed by atoms with Crippen LogP contribution in [0.1, 0.15) is 12.5 Å². The van der Waals surface area contributed by atoms with E-state index in [2.05, 4.69) is 0 Å². The molecule has 1 aromatic carbocycles. The van der Waals surface area contributed by atoms with Crippen molar-refractivity contribution in [1.29, 1.82) is 0 Å². The maximum absolute atomic E-state index is 12.0. The molecule has 1 aliphatic heterocycles. The molecule has 1 aromatic rings. The molecule has 2 rings (SSSR count). The van der Waals surface area contributed by atoms with E-state index in [9.17, 15) is 24.6 Å². The number of hydrogen-bond acceptors (Lipinski definition) is 6. The van der Waals surface area contributed by atoms with Gasteiger partial charge in [-0.2, -0.15) is 0 Å². The number of Topliss-reactive ketones (excluding diaryl/α,β-unsaturated/α-hetero) is 1. The first kappa shape index (κ1) is 14.1. The molecule has 2 N–H and O–H groups in total. The van der Waals surface area contributed by atoms with Crippen LogP contribution in [-0.2, 0) is 9.59 Å². The average Bonchev–Trinajstić information content (AvgIpc) is 2.60. The molecular formula is C13H11NO5S. The van der Waals surface area contributed by atoms with Crippen molar-refractivity contribution in [1.82, 2.24) is 4.90 Å². The first-order valence-corrected chi connectivity index (χ1v) is 6.47. The lowest BCUT2D eigenvalue weighted by atomic mass is 10.1. The molecule has 0 radical (unpaired) electrons. The van der Waals surface area contributed by atoms with E-state index in [-0.39, 0.29) is 28.7 Å². The van der Waals surface area contributed by atoms with E-state index in [1.807, 2.05) is 0 Å². The highest BCUT2D eigenvalue weighted by atomic mass is 32.2. The molecule has 1 heterocycles. The van der Waals surface area contributed by atoms with Crippen molar-refractivity contribution in [2.45, 2.75) is 6.92 Å². The number of imide groups is 1. The Kier molecular flexibility index (Phi) is 3.80. The van der Waals surface area contributed by atoms with Crippen molar-refractivity contribution in [2.24, 2.45) is 0 Å². The maximum Gasteiger partial charge on any atom is 0.293 e. The highest BCUT2D eigenvalue weighted by Crippen LogP contribution is 2.34. The van der Waals surface area contributed by atoms with Crippen LogP contribution in [0, 0.1) is 0 Å². The summed E-state index contributed by atoms with van der Waals surface area (Å²) in [6, 6.07) is 3.90. The van der Waals surface area contributed by atoms with Gasteiger partial charge in [-0.1, -0.05) is 0 Å². The van der Waals surface area contributed by atoms with Gasteiger partial charge in [0.2, 0.25) is 0 Å². The van der Waals surface area contributed by atoms with Gasteiger partial charge < -0.3 is 10.2 Å². The number of phenols is 2. The van der Waals surface area contributed by atoms with Gasteiger partial charge in [0.1, 0.15) is 17.3 Å². The number of aromatic hydroxyl groups is 2. The molecule has 0 aromatic heterocycles. The van der Waals surface area contributed by atoms with E-state index in [0.29, 0.717) is 17.3 Å². The molecule has 0 saturated carbocycles. The molecule has 2 amide bonds. The Bertz CT molecular complexity index is 638. The lowest BCUT2D eigenvalue weighted by Gasteiger charge is -2.08. The lowest BCUT2D eigenvalue weighted by molar-refractivity contribution is -0.127. The van der Waals surface area contributed by atoms with Crippen LogP contribution in [0.15, 0.2) is 23.1 Å². The molecule has 0 atom stereocenters. The molecule has 7 heteroatoms. The monoisotopic (exact) mass is 293 g/mol. The van der Waals surface area contributed by atoms with Gasteiger partial charge in [0.05, 0.1) is 11.4 Å². The van der Waals surface area contributed by atoms with Crippen molar-refractivity contribution in [3.8, 4) is 11.5 Å². The summed E-state index contributed by atoms with van der Waals surface area (Å²) < 4.78 is 0. The highest BCUT2D eigenvalue weighted by Gasteiger charge is 2.35. The fourth-order valence-corrected chi connectivity index (χ4v) is 2.48. The smallest absolute Gasteiger partial charge is 0.293 e. The third kappa shape index (κ3) is 2.83. The minimum atomic E-state index is -0.567. The zero-order valence-corrected chi connectivity index (χ0v) is 11.3. The summed E-state index contributed by atoms with van der Waals surface area (Å²) in [6.45, 7) is 1.03. The zero-order chi connectivity index (χ0) is 14.9. The molecule has 1 fully saturated rings. The van der Waals surface area contributed by atoms with E-state index in [1.165, 1.54) is 25.1 Å². The standard InChI is InChI=1S/C13H11NO5S/c1-7(15)6-14-12(18)11(20-13(14)19)4-8-2-3-9(16)5-10(8)17/h2-5,16-17H,6H2,1H3/b11-4-. The Morgan fingerprint density at radius 3 is 2.65 bits per heavy atom. The van der Waals surface area contributed by atoms with Crippen molar-refractivity contribution >= 4 is 34.8 Å². The fourth-order valence-electron chi connectivity index (χ4n) is 1.65. The highest BCUT2D eigenvalue weighted by molar-refractivity contribution is 8.18. The Hall–Kier alpha value is -2.28. The summed E-state index contributed by atoms with van der Waals surface area (Å²) in [6.07, 6.45) is 1.35. The summed E-state index contributed by atoms with van der Waals surface area (Å²) in [5, 5.41) is 18.3. The van der Waals surface area contributed by atoms with Crippen LogP contribution in [0.5, 0.6) is 11.5 Å². The third-order valence-electron chi connectivity index (χ3n) is 2.55. The van der Waals surface area contributed by atoms with E-state index in [4.69, 9.17) is 0 Å². The zero-order valence-electron chi connectivity index (χ0n) is 10.5. The number of ketones is 1. The molecule has 0 spiro atoms. The van der Waals surface area contributed by atoms with E-state index < -0.39 is 11.1 Å². The number of rotatable bonds is 3. The van der Waals surface area contributed by atoms with Crippen LogP contribution in [0.2, 0.25) is 0 Å². The van der Waals surface area contributed by atoms with Gasteiger partial charge in [-0.15, -0.1) is 0 Å². The Balaban J connectivity index is 2.30. The average molecular weight is 293 g/mol. The van der Waals surface area contributed by atoms with Crippen molar-refractivity contribution in [2.75, 3.05) is 6.54 Å². The van der Waals surface area contributed by atoms with Gasteiger partial charge in [-0.25, -0.2) is 0 Å². The van der Waals surface area contributed by atoms with Gasteiger partial charge in [0.25, 0.3) is 11.1 Å². The second-order valence-corrected chi connectivity index (χ2v) is 5.21. The quantitative estimate of drug-likeness (QED) is 0.824. The Labute approximate surface area is 118 Å². The minimum absolute atomic E-state index is 0.107. The summed E-state index contributed by atoms with van der Waals surface area (Å²) in [4.78, 5) is 35.6. The molecular weight excluding hydrogens is 282 g/mol. The van der Waals surface area contributed by atoms with Crippen molar-refractivity contribution < 1.29 is 24.6 Å². The molecule has 0 bridgehead atoms. The second kappa shape index (κ2) is 5.38. The summed E-state index contributed by atoms with van der Waals surface area (Å²) in [5.41, 5.74) is 0.302. The molecule has 104 valence electrons. The third-order valence-corrected chi connectivity index (χ3v) is 3.46. The van der Waals surface area contributed by atoms with Crippen LogP contribution < -0.4 is 0 Å². The molecule has 20 heavy (non-hydrogen) atoms. The van der Waals surface area contributed by atoms with Gasteiger partial charge in [0, 0.05) is 11.6 Å². The van der Waals surface area contributed by atoms with Crippen molar-refractivity contribution in [3.63, 3.8) is 0 Å². The number of thioether (sulfide) groups is 1. The van der Waals surface area contributed by atoms with E-state index >= 15 is 0 Å². The minimum Gasteiger partial charge on any atom is -0.508 e. The molecule has 1 aliphatic rings. The largest absolute Gasteiger partial charge is 0.508 e. The van der Waals surface area contributed by atoms with Gasteiger partial charge in [-0.05, 0) is 36.9 Å². The second-order valence-electron chi connectivity index (χ2n) is 4.21. The number of benzene rings is 1. The van der Waals surface area contributed by atoms with Crippen molar-refractivity contribution in [3.05, 3.63) is 28.7 Å². The van der Waals surface area contributed by atoms with Crippen LogP contribution >= 0.6 is 11.8 Å². The number of carbonyl (C=O) groups excluding carboxylic acids is 3. The van der Waals surface area contributed by atoms with E-state index in [0.717, 1.165) is 11.0 Å². The van der Waals surface area contributed by atoms with Crippen LogP contribution in [0.25, 0.3) is 6.08 Å². The summed E-state index contributed by atoms with van der Waals surface area (Å²) >= 11 is 0.704. The summed E-state index contributed by atoms with van der Waals surface area (Å²) in [5.74, 6) is -1.17. The van der Waals surface area contributed by atoms with Crippen LogP contribution in [-0.4, -0.2) is 38.6 Å². The molecule has 1 saturated heterocycles. The summed E-state index contributed by atoms with van der Waals surface area (Å²) in [7, 11) is 0. The fraction of sp³-hybridized carbons (Fsp3) is 0.154. The SMILES string of the molecule is CC(=O)CN1C(=O)S/C(=C\c2ccc(O)cc2O)C1=O.